The van der Waals surface area contributed by atoms with Crippen molar-refractivity contribution in [1.29, 1.82) is 0 Å². The van der Waals surface area contributed by atoms with E-state index in [1.54, 1.807) is 14.1 Å². The highest BCUT2D eigenvalue weighted by molar-refractivity contribution is 5.89. The number of carbonyl (C=O) groups excluding carboxylic acids is 1. The summed E-state index contributed by atoms with van der Waals surface area (Å²) in [7, 11) is 5.05. The summed E-state index contributed by atoms with van der Waals surface area (Å²) in [6.45, 7) is 0.893. The minimum Gasteiger partial charge on any atom is -0.326 e. The number of hydrogen-bond acceptors (Lipinski definition) is 2. The minimum absolute atomic E-state index is 0.338. The number of likely N-dealkylation sites (N-methyl/N-ethyl adjacent to an activating group) is 2. The molecule has 0 aliphatic heterocycles. The van der Waals surface area contributed by atoms with E-state index in [9.17, 15) is 26.7 Å². The summed E-state index contributed by atoms with van der Waals surface area (Å²) in [5, 5.41) is 2.15. The van der Waals surface area contributed by atoms with Crippen molar-refractivity contribution < 1.29 is 26.7 Å². The molecule has 124 valence electrons. The number of anilines is 1. The smallest absolute Gasteiger partial charge is 0.326 e. The number of alkyl halides is 3. The van der Waals surface area contributed by atoms with Crippen LogP contribution in [0.5, 0.6) is 0 Å². The molecule has 0 saturated carbocycles. The molecule has 0 heterocycles. The van der Waals surface area contributed by atoms with Crippen molar-refractivity contribution in [3.8, 4) is 0 Å². The number of carbonyl (C=O) groups is 1. The number of nitrogens with zero attached hydrogens (tertiary/aromatic N) is 2. The molecule has 1 rings (SSSR count). The molecule has 1 aromatic rings. The number of urea groups is 1. The lowest BCUT2D eigenvalue weighted by atomic mass is 10.1. The van der Waals surface area contributed by atoms with Crippen LogP contribution in [-0.4, -0.2) is 50.1 Å². The highest BCUT2D eigenvalue weighted by atomic mass is 19.4. The Hall–Kier alpha value is -1.90. The van der Waals surface area contributed by atoms with Crippen molar-refractivity contribution in [2.24, 2.45) is 0 Å². The molecule has 0 aliphatic carbocycles. The Morgan fingerprint density at radius 2 is 1.59 bits per heavy atom. The average Bonchev–Trinajstić information content (AvgIpc) is 2.32. The van der Waals surface area contributed by atoms with Crippen LogP contribution < -0.4 is 5.32 Å². The van der Waals surface area contributed by atoms with Crippen LogP contribution in [0, 0.1) is 11.6 Å². The summed E-state index contributed by atoms with van der Waals surface area (Å²) in [5.74, 6) is -3.56. The first-order valence-electron chi connectivity index (χ1n) is 6.25. The molecule has 0 fully saturated rings. The third-order valence-electron chi connectivity index (χ3n) is 2.81. The molecule has 0 atom stereocenters. The van der Waals surface area contributed by atoms with Gasteiger partial charge in [-0.1, -0.05) is 0 Å². The first kappa shape index (κ1) is 18.1. The molecule has 0 saturated heterocycles. The molecule has 0 radical (unpaired) electrons. The lowest BCUT2D eigenvalue weighted by Gasteiger charge is -2.20. The van der Waals surface area contributed by atoms with E-state index in [2.05, 4.69) is 5.32 Å². The van der Waals surface area contributed by atoms with Gasteiger partial charge in [-0.25, -0.2) is 13.6 Å². The maximum atomic E-state index is 13.4. The van der Waals surface area contributed by atoms with Crippen molar-refractivity contribution in [2.45, 2.75) is 6.18 Å². The summed E-state index contributed by atoms with van der Waals surface area (Å²) >= 11 is 0. The molecule has 0 unspecified atom stereocenters. The molecular weight excluding hydrogens is 309 g/mol. The van der Waals surface area contributed by atoms with E-state index in [-0.39, 0.29) is 5.69 Å². The third kappa shape index (κ3) is 4.83. The Balaban J connectivity index is 2.85. The largest absolute Gasteiger partial charge is 0.422 e. The molecule has 0 spiro atoms. The highest BCUT2D eigenvalue weighted by Crippen LogP contribution is 2.34. The number of amides is 2. The van der Waals surface area contributed by atoms with E-state index in [4.69, 9.17) is 0 Å². The van der Waals surface area contributed by atoms with Gasteiger partial charge < -0.3 is 15.1 Å². The number of halogens is 5. The summed E-state index contributed by atoms with van der Waals surface area (Å²) in [4.78, 5) is 14.8. The fraction of sp³-hybridized carbons (Fsp3) is 0.462. The lowest BCUT2D eigenvalue weighted by molar-refractivity contribution is -0.142. The molecule has 2 amide bonds. The van der Waals surface area contributed by atoms with Crippen LogP contribution in [0.3, 0.4) is 0 Å². The molecular formula is C13H16F5N3O. The van der Waals surface area contributed by atoms with E-state index in [1.165, 1.54) is 11.9 Å². The molecule has 22 heavy (non-hydrogen) atoms. The Morgan fingerprint density at radius 1 is 1.09 bits per heavy atom. The normalized spacial score (nSPS) is 11.7. The zero-order valence-corrected chi connectivity index (χ0v) is 12.3. The highest BCUT2D eigenvalue weighted by Gasteiger charge is 2.38. The van der Waals surface area contributed by atoms with Gasteiger partial charge in [0.1, 0.15) is 17.2 Å². The summed E-state index contributed by atoms with van der Waals surface area (Å²) < 4.78 is 64.0. The molecule has 9 heteroatoms. The van der Waals surface area contributed by atoms with Crippen molar-refractivity contribution in [1.82, 2.24) is 9.80 Å². The van der Waals surface area contributed by atoms with Crippen LogP contribution in [0.2, 0.25) is 0 Å². The molecule has 0 aromatic heterocycles. The van der Waals surface area contributed by atoms with Crippen LogP contribution >= 0.6 is 0 Å². The maximum Gasteiger partial charge on any atom is 0.422 e. The Bertz CT molecular complexity index is 522. The first-order chi connectivity index (χ1) is 10.0. The fourth-order valence-electron chi connectivity index (χ4n) is 1.59. The number of nitrogens with one attached hydrogen (secondary N) is 1. The van der Waals surface area contributed by atoms with Gasteiger partial charge in [-0.3, -0.25) is 0 Å². The topological polar surface area (TPSA) is 35.6 Å². The van der Waals surface area contributed by atoms with Gasteiger partial charge in [-0.05, 0) is 26.2 Å². The number of rotatable bonds is 4. The van der Waals surface area contributed by atoms with E-state index in [1.807, 2.05) is 4.90 Å². The molecule has 4 nitrogen and oxygen atoms in total. The number of hydrogen-bond donors (Lipinski definition) is 1. The second kappa shape index (κ2) is 6.91. The van der Waals surface area contributed by atoms with Crippen LogP contribution in [0.25, 0.3) is 0 Å². The number of benzene rings is 1. The van der Waals surface area contributed by atoms with Gasteiger partial charge in [0.2, 0.25) is 0 Å². The second-order valence-corrected chi connectivity index (χ2v) is 4.97. The Kier molecular flexibility index (Phi) is 5.70. The van der Waals surface area contributed by atoms with Crippen molar-refractivity contribution in [2.75, 3.05) is 39.5 Å². The van der Waals surface area contributed by atoms with E-state index in [0.29, 0.717) is 25.2 Å². The van der Waals surface area contributed by atoms with Gasteiger partial charge in [0, 0.05) is 25.8 Å². The zero-order chi connectivity index (χ0) is 17.1. The van der Waals surface area contributed by atoms with Gasteiger partial charge in [0.25, 0.3) is 0 Å². The SMILES string of the molecule is CN(C)CCN(C)C(=O)Nc1cc(F)c(C(F)(F)F)c(F)c1. The summed E-state index contributed by atoms with van der Waals surface area (Å²) in [6.07, 6.45) is -5.14. The predicted octanol–water partition coefficient (Wildman–Crippen LogP) is 3.01. The van der Waals surface area contributed by atoms with Crippen molar-refractivity contribution >= 4 is 11.7 Å². The predicted molar refractivity (Wildman–Crippen MR) is 71.6 cm³/mol. The second-order valence-electron chi connectivity index (χ2n) is 4.97. The van der Waals surface area contributed by atoms with E-state index < -0.39 is 29.4 Å². The molecule has 1 aromatic carbocycles. The van der Waals surface area contributed by atoms with Crippen LogP contribution in [0.4, 0.5) is 32.4 Å². The third-order valence-corrected chi connectivity index (χ3v) is 2.81. The van der Waals surface area contributed by atoms with Gasteiger partial charge in [-0.2, -0.15) is 13.2 Å². The summed E-state index contributed by atoms with van der Waals surface area (Å²) in [5.41, 5.74) is -2.36. The molecule has 0 aliphatic rings. The monoisotopic (exact) mass is 325 g/mol. The van der Waals surface area contributed by atoms with E-state index >= 15 is 0 Å². The quantitative estimate of drug-likeness (QED) is 0.864. The van der Waals surface area contributed by atoms with Gasteiger partial charge in [-0.15, -0.1) is 0 Å². The Morgan fingerprint density at radius 3 is 2.00 bits per heavy atom. The molecule has 1 N–H and O–H groups in total. The zero-order valence-electron chi connectivity index (χ0n) is 12.3. The fourth-order valence-corrected chi connectivity index (χ4v) is 1.59. The Labute approximate surface area is 124 Å². The summed E-state index contributed by atoms with van der Waals surface area (Å²) in [6, 6.07) is 0.188. The average molecular weight is 325 g/mol. The minimum atomic E-state index is -5.14. The van der Waals surface area contributed by atoms with E-state index in [0.717, 1.165) is 0 Å². The van der Waals surface area contributed by atoms with Gasteiger partial charge in [0.05, 0.1) is 0 Å². The maximum absolute atomic E-state index is 13.4. The molecule has 0 bridgehead atoms. The standard InChI is InChI=1S/C13H16F5N3O/c1-20(2)4-5-21(3)12(22)19-8-6-9(14)11(10(15)7-8)13(16,17)18/h6-7H,4-5H2,1-3H3,(H,19,22). The van der Waals surface area contributed by atoms with Crippen molar-refractivity contribution in [3.63, 3.8) is 0 Å². The van der Waals surface area contributed by atoms with Crippen LogP contribution in [0.1, 0.15) is 5.56 Å². The van der Waals surface area contributed by atoms with Gasteiger partial charge in [0.15, 0.2) is 0 Å². The first-order valence-corrected chi connectivity index (χ1v) is 6.25. The van der Waals surface area contributed by atoms with Crippen molar-refractivity contribution in [3.05, 3.63) is 29.3 Å². The lowest BCUT2D eigenvalue weighted by Crippen LogP contribution is -2.36. The van der Waals surface area contributed by atoms with Crippen LogP contribution in [0.15, 0.2) is 12.1 Å². The van der Waals surface area contributed by atoms with Gasteiger partial charge >= 0.3 is 12.2 Å². The van der Waals surface area contributed by atoms with Crippen LogP contribution in [-0.2, 0) is 6.18 Å².